The molecule has 1 aromatic rings. The third-order valence-electron chi connectivity index (χ3n) is 5.24. The van der Waals surface area contributed by atoms with Gasteiger partial charge in [0.05, 0.1) is 6.54 Å². The van der Waals surface area contributed by atoms with E-state index in [9.17, 15) is 13.6 Å². The van der Waals surface area contributed by atoms with Gasteiger partial charge in [-0.05, 0) is 45.3 Å². The Morgan fingerprint density at radius 3 is 2.65 bits per heavy atom. The Kier molecular flexibility index (Phi) is 5.77. The number of nitrogens with zero attached hydrogens (tertiary/aromatic N) is 3. The molecule has 0 aliphatic carbocycles. The van der Waals surface area contributed by atoms with Crippen LogP contribution in [-0.2, 0) is 11.3 Å². The number of likely N-dealkylation sites (tertiary alicyclic amines) is 1. The van der Waals surface area contributed by atoms with Gasteiger partial charge in [0.1, 0.15) is 17.2 Å². The number of halogens is 2. The molecule has 5 nitrogen and oxygen atoms in total. The van der Waals surface area contributed by atoms with Gasteiger partial charge >= 0.3 is 6.09 Å². The van der Waals surface area contributed by atoms with Gasteiger partial charge in [0.25, 0.3) is 0 Å². The van der Waals surface area contributed by atoms with Gasteiger partial charge in [0, 0.05) is 44.6 Å². The van der Waals surface area contributed by atoms with Crippen LogP contribution in [0.15, 0.2) is 18.2 Å². The van der Waals surface area contributed by atoms with Gasteiger partial charge < -0.3 is 14.5 Å². The second-order valence-electron chi connectivity index (χ2n) is 7.64. The summed E-state index contributed by atoms with van der Waals surface area (Å²) in [6.45, 7) is 4.05. The van der Waals surface area contributed by atoms with E-state index in [1.54, 1.807) is 4.90 Å². The van der Waals surface area contributed by atoms with Gasteiger partial charge in [-0.15, -0.1) is 0 Å². The maximum absolute atomic E-state index is 13.8. The summed E-state index contributed by atoms with van der Waals surface area (Å²) in [5.74, 6) is -0.806. The number of ether oxygens (including phenoxy) is 1. The van der Waals surface area contributed by atoms with Crippen molar-refractivity contribution in [2.75, 3.05) is 46.8 Å². The summed E-state index contributed by atoms with van der Waals surface area (Å²) >= 11 is 0. The summed E-state index contributed by atoms with van der Waals surface area (Å²) in [5, 5.41) is 0. The maximum atomic E-state index is 13.8. The number of carbonyl (C=O) groups excluding carboxylic acids is 1. The minimum Gasteiger partial charge on any atom is -0.441 e. The van der Waals surface area contributed by atoms with Crippen LogP contribution in [0.25, 0.3) is 0 Å². The molecule has 144 valence electrons. The average Bonchev–Trinajstić information content (AvgIpc) is 2.88. The molecule has 0 unspecified atom stereocenters. The molecule has 1 amide bonds. The van der Waals surface area contributed by atoms with E-state index >= 15 is 0 Å². The highest BCUT2D eigenvalue weighted by atomic mass is 19.1. The molecule has 2 fully saturated rings. The second kappa shape index (κ2) is 7.88. The van der Waals surface area contributed by atoms with E-state index in [0.717, 1.165) is 31.9 Å². The first-order chi connectivity index (χ1) is 12.4. The normalized spacial score (nSPS) is 20.2. The molecule has 0 bridgehead atoms. The molecule has 0 radical (unpaired) electrons. The highest BCUT2D eigenvalue weighted by molar-refractivity contribution is 5.70. The molecule has 0 atom stereocenters. The largest absolute Gasteiger partial charge is 0.441 e. The highest BCUT2D eigenvalue weighted by Gasteiger charge is 2.46. The molecule has 3 rings (SSSR count). The zero-order chi connectivity index (χ0) is 18.7. The molecule has 7 heteroatoms. The van der Waals surface area contributed by atoms with E-state index in [1.807, 2.05) is 14.1 Å². The first-order valence-electron chi connectivity index (χ1n) is 9.16. The summed E-state index contributed by atoms with van der Waals surface area (Å²) in [4.78, 5) is 18.1. The van der Waals surface area contributed by atoms with Crippen LogP contribution < -0.4 is 0 Å². The Morgan fingerprint density at radius 1 is 1.23 bits per heavy atom. The van der Waals surface area contributed by atoms with Crippen molar-refractivity contribution < 1.29 is 18.3 Å². The third kappa shape index (κ3) is 4.51. The van der Waals surface area contributed by atoms with Crippen LogP contribution in [0.3, 0.4) is 0 Å². The Bertz CT molecular complexity index is 646. The van der Waals surface area contributed by atoms with Gasteiger partial charge in [-0.3, -0.25) is 4.90 Å². The molecule has 0 N–H and O–H groups in total. The van der Waals surface area contributed by atoms with Crippen LogP contribution >= 0.6 is 0 Å². The molecule has 2 aliphatic rings. The number of rotatable bonds is 6. The second-order valence-corrected chi connectivity index (χ2v) is 7.64. The minimum absolute atomic E-state index is 0.228. The lowest BCUT2D eigenvalue weighted by atomic mass is 9.91. The zero-order valence-corrected chi connectivity index (χ0v) is 15.5. The van der Waals surface area contributed by atoms with Crippen LogP contribution in [0.5, 0.6) is 0 Å². The third-order valence-corrected chi connectivity index (χ3v) is 5.24. The SMILES string of the molecule is CN(C)CCCN1CC2(CCN(Cc3cc(F)ccc3F)CC2)OC1=O. The summed E-state index contributed by atoms with van der Waals surface area (Å²) in [7, 11) is 4.03. The van der Waals surface area contributed by atoms with Crippen molar-refractivity contribution in [2.24, 2.45) is 0 Å². The smallest absolute Gasteiger partial charge is 0.410 e. The lowest BCUT2D eigenvalue weighted by molar-refractivity contribution is -0.00145. The predicted molar refractivity (Wildman–Crippen MR) is 94.8 cm³/mol. The minimum atomic E-state index is -0.424. The van der Waals surface area contributed by atoms with E-state index in [4.69, 9.17) is 4.74 Å². The lowest BCUT2D eigenvalue weighted by Crippen LogP contribution is -2.46. The van der Waals surface area contributed by atoms with Crippen LogP contribution in [0.2, 0.25) is 0 Å². The van der Waals surface area contributed by atoms with Crippen molar-refractivity contribution in [1.29, 1.82) is 0 Å². The molecular formula is C19H27F2N3O2. The fourth-order valence-electron chi connectivity index (χ4n) is 3.73. The molecule has 0 saturated carbocycles. The summed E-state index contributed by atoms with van der Waals surface area (Å²) < 4.78 is 32.9. The van der Waals surface area contributed by atoms with Crippen LogP contribution in [0, 0.1) is 11.6 Å². The van der Waals surface area contributed by atoms with Crippen LogP contribution in [0.1, 0.15) is 24.8 Å². The fraction of sp³-hybridized carbons (Fsp3) is 0.632. The van der Waals surface area contributed by atoms with E-state index in [-0.39, 0.29) is 11.9 Å². The van der Waals surface area contributed by atoms with Crippen molar-refractivity contribution in [1.82, 2.24) is 14.7 Å². The quantitative estimate of drug-likeness (QED) is 0.775. The topological polar surface area (TPSA) is 36.0 Å². The monoisotopic (exact) mass is 367 g/mol. The molecule has 2 aliphatic heterocycles. The standard InChI is InChI=1S/C19H27F2N3O2/c1-22(2)8-3-9-24-14-19(26-18(24)25)6-10-23(11-7-19)13-15-12-16(20)4-5-17(15)21/h4-5,12H,3,6-11,13-14H2,1-2H3. The molecule has 2 saturated heterocycles. The molecule has 1 aromatic carbocycles. The first-order valence-corrected chi connectivity index (χ1v) is 9.16. The van der Waals surface area contributed by atoms with Gasteiger partial charge in [0.2, 0.25) is 0 Å². The van der Waals surface area contributed by atoms with E-state index < -0.39 is 11.4 Å². The number of piperidine rings is 1. The lowest BCUT2D eigenvalue weighted by Gasteiger charge is -2.37. The predicted octanol–water partition coefficient (Wildman–Crippen LogP) is 2.70. The van der Waals surface area contributed by atoms with Crippen molar-refractivity contribution in [3.8, 4) is 0 Å². The van der Waals surface area contributed by atoms with Crippen LogP contribution in [0.4, 0.5) is 13.6 Å². The van der Waals surface area contributed by atoms with Crippen molar-refractivity contribution in [2.45, 2.75) is 31.4 Å². The van der Waals surface area contributed by atoms with E-state index in [2.05, 4.69) is 9.80 Å². The first kappa shape index (κ1) is 19.0. The number of benzene rings is 1. The summed E-state index contributed by atoms with van der Waals surface area (Å²) in [6.07, 6.45) is 2.14. The molecule has 1 spiro atoms. The Morgan fingerprint density at radius 2 is 1.96 bits per heavy atom. The van der Waals surface area contributed by atoms with Gasteiger partial charge in [0.15, 0.2) is 0 Å². The van der Waals surface area contributed by atoms with Crippen molar-refractivity contribution in [3.05, 3.63) is 35.4 Å². The van der Waals surface area contributed by atoms with E-state index in [0.29, 0.717) is 38.3 Å². The summed E-state index contributed by atoms with van der Waals surface area (Å²) in [5.41, 5.74) is -0.0543. The Hall–Kier alpha value is -1.73. The average molecular weight is 367 g/mol. The van der Waals surface area contributed by atoms with Crippen LogP contribution in [-0.4, -0.2) is 73.2 Å². The number of amides is 1. The molecular weight excluding hydrogens is 340 g/mol. The van der Waals surface area contributed by atoms with E-state index in [1.165, 1.54) is 12.1 Å². The molecule has 2 heterocycles. The van der Waals surface area contributed by atoms with Gasteiger partial charge in [-0.25, -0.2) is 13.6 Å². The van der Waals surface area contributed by atoms with Crippen molar-refractivity contribution >= 4 is 6.09 Å². The summed E-state index contributed by atoms with van der Waals surface area (Å²) in [6, 6.07) is 3.55. The van der Waals surface area contributed by atoms with Gasteiger partial charge in [-0.1, -0.05) is 0 Å². The fourth-order valence-corrected chi connectivity index (χ4v) is 3.73. The molecule has 26 heavy (non-hydrogen) atoms. The molecule has 0 aromatic heterocycles. The van der Waals surface area contributed by atoms with Gasteiger partial charge in [-0.2, -0.15) is 0 Å². The Balaban J connectivity index is 1.51. The number of hydrogen-bond acceptors (Lipinski definition) is 4. The zero-order valence-electron chi connectivity index (χ0n) is 15.5. The maximum Gasteiger partial charge on any atom is 0.410 e. The van der Waals surface area contributed by atoms with Crippen molar-refractivity contribution in [3.63, 3.8) is 0 Å². The highest BCUT2D eigenvalue weighted by Crippen LogP contribution is 2.33. The number of hydrogen-bond donors (Lipinski definition) is 0. The number of carbonyl (C=O) groups is 1. The Labute approximate surface area is 153 Å².